The van der Waals surface area contributed by atoms with E-state index in [1.165, 1.54) is 21.9 Å². The van der Waals surface area contributed by atoms with E-state index < -0.39 is 74.5 Å². The van der Waals surface area contributed by atoms with Crippen molar-refractivity contribution in [2.75, 3.05) is 11.9 Å². The van der Waals surface area contributed by atoms with Gasteiger partial charge in [-0.1, -0.05) is 32.1 Å². The molecule has 2 aromatic rings. The molecule has 3 fully saturated rings. The standard InChI is InChI=1S/C35H43FN6O7S/c1-6-23-15-35(23,33(45)40-50(47,48)25-10-11-25)39-31(43)28-14-24(49-34(46)41-16-22-8-7-9-27(36)26(22)18-41)17-42(28)32(44)30(19(2)3)38-29-13-20(4)12-21(5)37-29/h6-9,12-13,19,23-25,28,30H,1,10-11,14-18H2,2-5H3,(H,37,38)(H,39,43)(H,40,45)/t23-,24-,28+,30+,35-/m1/s1. The lowest BCUT2D eigenvalue weighted by atomic mass is 10.0. The second-order valence-electron chi connectivity index (χ2n) is 14.2. The summed E-state index contributed by atoms with van der Waals surface area (Å²) in [6, 6.07) is 6.36. The van der Waals surface area contributed by atoms with Gasteiger partial charge >= 0.3 is 6.09 Å². The molecule has 2 saturated carbocycles. The Labute approximate surface area is 291 Å². The number of amides is 4. The first kappa shape index (κ1) is 35.3. The number of sulfonamides is 1. The number of fused-ring (bicyclic) bond motifs is 1. The summed E-state index contributed by atoms with van der Waals surface area (Å²) in [6.07, 6.45) is 0.818. The van der Waals surface area contributed by atoms with Crippen molar-refractivity contribution in [3.8, 4) is 0 Å². The molecule has 0 spiro atoms. The molecule has 2 aliphatic carbocycles. The number of benzene rings is 1. The van der Waals surface area contributed by atoms with Gasteiger partial charge in [0.05, 0.1) is 18.3 Å². The number of likely N-dealkylation sites (tertiary alicyclic amines) is 1. The van der Waals surface area contributed by atoms with Gasteiger partial charge in [-0.3, -0.25) is 24.0 Å². The van der Waals surface area contributed by atoms with Crippen molar-refractivity contribution < 1.29 is 36.7 Å². The Morgan fingerprint density at radius 3 is 2.50 bits per heavy atom. The van der Waals surface area contributed by atoms with E-state index in [1.807, 2.05) is 39.8 Å². The van der Waals surface area contributed by atoms with Crippen molar-refractivity contribution in [2.45, 2.75) is 95.4 Å². The Bertz CT molecular complexity index is 1830. The second kappa shape index (κ2) is 13.3. The lowest BCUT2D eigenvalue weighted by molar-refractivity contribution is -0.140. The number of carbonyl (C=O) groups is 4. The number of halogens is 1. The Morgan fingerprint density at radius 2 is 1.88 bits per heavy atom. The summed E-state index contributed by atoms with van der Waals surface area (Å²) in [5.41, 5.74) is 1.21. The summed E-state index contributed by atoms with van der Waals surface area (Å²) >= 11 is 0. The van der Waals surface area contributed by atoms with Crippen molar-refractivity contribution in [1.29, 1.82) is 0 Å². The molecule has 13 nitrogen and oxygen atoms in total. The lowest BCUT2D eigenvalue weighted by Gasteiger charge is -2.31. The van der Waals surface area contributed by atoms with Gasteiger partial charge in [-0.2, -0.15) is 0 Å². The molecule has 0 unspecified atom stereocenters. The average molecular weight is 711 g/mol. The lowest BCUT2D eigenvalue weighted by Crippen LogP contribution is -2.58. The molecule has 2 aliphatic heterocycles. The van der Waals surface area contributed by atoms with E-state index in [0.29, 0.717) is 29.8 Å². The maximum absolute atomic E-state index is 14.4. The normalized spacial score (nSPS) is 24.7. The third-order valence-electron chi connectivity index (χ3n) is 9.88. The monoisotopic (exact) mass is 710 g/mol. The van der Waals surface area contributed by atoms with Crippen LogP contribution in [0.15, 0.2) is 43.0 Å². The number of aromatic nitrogens is 1. The number of pyridine rings is 1. The van der Waals surface area contributed by atoms with E-state index in [4.69, 9.17) is 4.74 Å². The highest BCUT2D eigenvalue weighted by molar-refractivity contribution is 7.91. The van der Waals surface area contributed by atoms with Crippen LogP contribution in [0.5, 0.6) is 0 Å². The highest BCUT2D eigenvalue weighted by Gasteiger charge is 2.62. The van der Waals surface area contributed by atoms with Crippen LogP contribution in [0.1, 0.15) is 61.9 Å². The van der Waals surface area contributed by atoms with Gasteiger partial charge in [-0.05, 0) is 68.4 Å². The number of anilines is 1. The predicted molar refractivity (Wildman–Crippen MR) is 181 cm³/mol. The van der Waals surface area contributed by atoms with Gasteiger partial charge in [0.25, 0.3) is 5.91 Å². The highest BCUT2D eigenvalue weighted by Crippen LogP contribution is 2.45. The van der Waals surface area contributed by atoms with Crippen LogP contribution in [0.4, 0.5) is 15.0 Å². The van der Waals surface area contributed by atoms with E-state index in [9.17, 15) is 32.0 Å². The molecular weight excluding hydrogens is 667 g/mol. The zero-order chi connectivity index (χ0) is 36.1. The molecule has 268 valence electrons. The summed E-state index contributed by atoms with van der Waals surface area (Å²) in [5, 5.41) is 5.32. The molecule has 4 aliphatic rings. The number of carbonyl (C=O) groups excluding carboxylic acids is 4. The zero-order valence-corrected chi connectivity index (χ0v) is 29.4. The smallest absolute Gasteiger partial charge is 0.410 e. The quantitative estimate of drug-likeness (QED) is 0.297. The molecule has 1 aromatic carbocycles. The van der Waals surface area contributed by atoms with Crippen molar-refractivity contribution >= 4 is 39.7 Å². The Balaban J connectivity index is 1.23. The predicted octanol–water partition coefficient (Wildman–Crippen LogP) is 3.07. The molecule has 15 heteroatoms. The minimum absolute atomic E-state index is 0.0205. The average Bonchev–Trinajstić information content (AvgIpc) is 3.93. The van der Waals surface area contributed by atoms with Crippen LogP contribution >= 0.6 is 0 Å². The van der Waals surface area contributed by atoms with Crippen LogP contribution in [0.25, 0.3) is 0 Å². The van der Waals surface area contributed by atoms with E-state index in [-0.39, 0.29) is 38.4 Å². The maximum atomic E-state index is 14.4. The summed E-state index contributed by atoms with van der Waals surface area (Å²) in [6.45, 7) is 11.2. The van der Waals surface area contributed by atoms with Crippen molar-refractivity contribution in [3.63, 3.8) is 0 Å². The largest absolute Gasteiger partial charge is 0.444 e. The number of rotatable bonds is 11. The SMILES string of the molecule is C=C[C@@H]1C[C@]1(NC(=O)[C@@H]1C[C@@H](OC(=O)N2Cc3cccc(F)c3C2)CN1C(=O)[C@@H](Nc1cc(C)cc(C)n1)C(C)C)C(=O)NS(=O)(=O)C1CC1. The first-order chi connectivity index (χ1) is 23.6. The van der Waals surface area contributed by atoms with Gasteiger partial charge in [0.2, 0.25) is 21.8 Å². The Hall–Kier alpha value is -4.53. The van der Waals surface area contributed by atoms with Gasteiger partial charge in [0, 0.05) is 30.1 Å². The van der Waals surface area contributed by atoms with E-state index >= 15 is 0 Å². The molecule has 0 bridgehead atoms. The fourth-order valence-corrected chi connectivity index (χ4v) is 8.25. The topological polar surface area (TPSA) is 167 Å². The van der Waals surface area contributed by atoms with Crippen molar-refractivity contribution in [1.82, 2.24) is 24.8 Å². The number of hydrogen-bond acceptors (Lipinski definition) is 9. The van der Waals surface area contributed by atoms with Crippen LogP contribution in [-0.4, -0.2) is 82.5 Å². The van der Waals surface area contributed by atoms with Crippen LogP contribution in [0.2, 0.25) is 0 Å². The fourth-order valence-electron chi connectivity index (χ4n) is 6.89. The van der Waals surface area contributed by atoms with E-state index in [0.717, 1.165) is 11.3 Å². The molecule has 1 saturated heterocycles. The van der Waals surface area contributed by atoms with Crippen LogP contribution in [0.3, 0.4) is 0 Å². The third kappa shape index (κ3) is 7.05. The van der Waals surface area contributed by atoms with Crippen LogP contribution < -0.4 is 15.4 Å². The van der Waals surface area contributed by atoms with Gasteiger partial charge in [0.15, 0.2) is 0 Å². The molecule has 4 amide bonds. The van der Waals surface area contributed by atoms with Gasteiger partial charge in [-0.15, -0.1) is 6.58 Å². The molecule has 6 rings (SSSR count). The second-order valence-corrected chi connectivity index (χ2v) is 16.2. The summed E-state index contributed by atoms with van der Waals surface area (Å²) in [5.74, 6) is -2.71. The minimum Gasteiger partial charge on any atom is -0.444 e. The molecular formula is C35H43FN6O7S. The maximum Gasteiger partial charge on any atom is 0.410 e. The molecule has 5 atom stereocenters. The van der Waals surface area contributed by atoms with Gasteiger partial charge in [0.1, 0.15) is 35.4 Å². The van der Waals surface area contributed by atoms with E-state index in [1.54, 1.807) is 12.1 Å². The Morgan fingerprint density at radius 1 is 1.14 bits per heavy atom. The van der Waals surface area contributed by atoms with Crippen LogP contribution in [-0.2, 0) is 42.2 Å². The van der Waals surface area contributed by atoms with Gasteiger partial charge < -0.3 is 20.3 Å². The molecule has 1 aromatic heterocycles. The minimum atomic E-state index is -3.90. The third-order valence-corrected chi connectivity index (χ3v) is 11.7. The first-order valence-corrected chi connectivity index (χ1v) is 18.4. The zero-order valence-electron chi connectivity index (χ0n) is 28.6. The highest BCUT2D eigenvalue weighted by atomic mass is 32.2. The first-order valence-electron chi connectivity index (χ1n) is 16.9. The van der Waals surface area contributed by atoms with Crippen molar-refractivity contribution in [2.24, 2.45) is 11.8 Å². The fraction of sp³-hybridized carbons (Fsp3) is 0.514. The molecule has 0 radical (unpaired) electrons. The molecule has 3 N–H and O–H groups in total. The number of hydrogen-bond donors (Lipinski definition) is 3. The number of nitrogens with zero attached hydrogens (tertiary/aromatic N) is 3. The van der Waals surface area contributed by atoms with Crippen molar-refractivity contribution in [3.05, 3.63) is 71.2 Å². The Kier molecular flexibility index (Phi) is 9.39. The van der Waals surface area contributed by atoms with Gasteiger partial charge in [-0.25, -0.2) is 22.6 Å². The summed E-state index contributed by atoms with van der Waals surface area (Å²) in [4.78, 5) is 62.4. The summed E-state index contributed by atoms with van der Waals surface area (Å²) in [7, 11) is -3.90. The molecule has 3 heterocycles. The molecule has 50 heavy (non-hydrogen) atoms. The number of aryl methyl sites for hydroxylation is 2. The number of nitrogens with one attached hydrogen (secondary N) is 3. The van der Waals surface area contributed by atoms with Crippen LogP contribution in [0, 0.1) is 31.5 Å². The van der Waals surface area contributed by atoms with E-state index in [2.05, 4.69) is 26.9 Å². The number of ether oxygens (including phenoxy) is 1. The summed E-state index contributed by atoms with van der Waals surface area (Å²) < 4.78 is 47.6.